The predicted octanol–water partition coefficient (Wildman–Crippen LogP) is 2.99. The Bertz CT molecular complexity index is 638. The number of aliphatic carboxylic acids is 1. The predicted molar refractivity (Wildman–Crippen MR) is 76.8 cm³/mol. The number of hydrogen-bond acceptors (Lipinski definition) is 3. The molecule has 0 aromatic heterocycles. The van der Waals surface area contributed by atoms with E-state index in [1.807, 2.05) is 0 Å². The van der Waals surface area contributed by atoms with E-state index in [2.05, 4.69) is 0 Å². The van der Waals surface area contributed by atoms with Gasteiger partial charge in [-0.3, -0.25) is 0 Å². The van der Waals surface area contributed by atoms with Crippen molar-refractivity contribution in [3.63, 3.8) is 0 Å². The molecule has 0 bridgehead atoms. The molecule has 1 aliphatic rings. The lowest BCUT2D eigenvalue weighted by molar-refractivity contribution is -0.136. The van der Waals surface area contributed by atoms with Crippen molar-refractivity contribution >= 4 is 5.97 Å². The third-order valence-corrected chi connectivity index (χ3v) is 2.95. The number of rotatable bonds is 5. The molecule has 0 saturated carbocycles. The van der Waals surface area contributed by atoms with Crippen LogP contribution in [0.2, 0.25) is 0 Å². The zero-order valence-corrected chi connectivity index (χ0v) is 11.7. The lowest BCUT2D eigenvalue weighted by Crippen LogP contribution is -2.28. The Morgan fingerprint density at radius 2 is 2.18 bits per heavy atom. The molecule has 1 N–H and O–H groups in total. The van der Waals surface area contributed by atoms with E-state index >= 15 is 0 Å². The third-order valence-electron chi connectivity index (χ3n) is 2.95. The van der Waals surface area contributed by atoms with Crippen LogP contribution in [0.4, 0.5) is 8.78 Å². The van der Waals surface area contributed by atoms with Gasteiger partial charge in [0.2, 0.25) is 5.76 Å². The number of allylic oxidation sites excluding steroid dienone is 3. The summed E-state index contributed by atoms with van der Waals surface area (Å²) in [5, 5.41) is 9.07. The van der Waals surface area contributed by atoms with Gasteiger partial charge in [-0.05, 0) is 12.1 Å². The largest absolute Gasteiger partial charge is 0.475 e. The number of carboxylic acids is 1. The van der Waals surface area contributed by atoms with Crippen molar-refractivity contribution in [3.8, 4) is 0 Å². The molecule has 6 heteroatoms. The van der Waals surface area contributed by atoms with Gasteiger partial charge in [0.05, 0.1) is 12.7 Å². The number of ether oxygens (including phenoxy) is 1. The monoisotopic (exact) mass is 307 g/mol. The highest BCUT2D eigenvalue weighted by Crippen LogP contribution is 2.20. The summed E-state index contributed by atoms with van der Waals surface area (Å²) in [6, 6.07) is 6.27. The zero-order valence-electron chi connectivity index (χ0n) is 11.7. The number of halogens is 2. The number of alkyl halides is 1. The van der Waals surface area contributed by atoms with Crippen LogP contribution in [0.5, 0.6) is 0 Å². The van der Waals surface area contributed by atoms with E-state index in [-0.39, 0.29) is 24.7 Å². The standard InChI is InChI=1S/C16H15F2NO3/c17-8-4-3-6-13-10-19(11-15(22-13)16(20)21)9-12-5-1-2-7-14(12)18/h1-7,11H,8-10H2,(H,20,21)/b4-3-,13-6+. The molecule has 1 aromatic carbocycles. The first-order valence-electron chi connectivity index (χ1n) is 6.62. The Morgan fingerprint density at radius 1 is 1.41 bits per heavy atom. The van der Waals surface area contributed by atoms with Gasteiger partial charge in [-0.25, -0.2) is 13.6 Å². The molecule has 0 fully saturated rings. The molecule has 0 unspecified atom stereocenters. The first kappa shape index (κ1) is 15.8. The van der Waals surface area contributed by atoms with Gasteiger partial charge in [-0.15, -0.1) is 0 Å². The van der Waals surface area contributed by atoms with Crippen molar-refractivity contribution < 1.29 is 23.4 Å². The summed E-state index contributed by atoms with van der Waals surface area (Å²) in [5.74, 6) is -1.50. The van der Waals surface area contributed by atoms with E-state index in [1.165, 1.54) is 30.5 Å². The Morgan fingerprint density at radius 3 is 2.86 bits per heavy atom. The van der Waals surface area contributed by atoms with Crippen LogP contribution >= 0.6 is 0 Å². The van der Waals surface area contributed by atoms with Crippen LogP contribution in [-0.4, -0.2) is 29.2 Å². The molecule has 1 aromatic rings. The number of benzene rings is 1. The van der Waals surface area contributed by atoms with Crippen molar-refractivity contribution in [1.82, 2.24) is 4.90 Å². The van der Waals surface area contributed by atoms with Gasteiger partial charge in [0, 0.05) is 12.1 Å². The second-order valence-electron chi connectivity index (χ2n) is 4.61. The third kappa shape index (κ3) is 4.18. The molecule has 0 radical (unpaired) electrons. The van der Waals surface area contributed by atoms with Gasteiger partial charge < -0.3 is 14.7 Å². The zero-order chi connectivity index (χ0) is 15.9. The molecule has 116 valence electrons. The molecule has 2 rings (SSSR count). The van der Waals surface area contributed by atoms with Crippen molar-refractivity contribution in [2.24, 2.45) is 0 Å². The average Bonchev–Trinajstić information content (AvgIpc) is 2.50. The summed E-state index contributed by atoms with van der Waals surface area (Å²) in [5.41, 5.74) is 0.448. The Balaban J connectivity index is 2.20. The number of carbonyl (C=O) groups is 1. The van der Waals surface area contributed by atoms with Gasteiger partial charge >= 0.3 is 5.97 Å². The number of hydrogen-bond donors (Lipinski definition) is 1. The van der Waals surface area contributed by atoms with Crippen LogP contribution in [-0.2, 0) is 16.1 Å². The van der Waals surface area contributed by atoms with E-state index < -0.39 is 12.6 Å². The SMILES string of the molecule is O=C(O)C1=CN(Cc2ccccc2F)C/C(=C\C=C/CF)O1. The first-order chi connectivity index (χ1) is 10.6. The molecule has 0 amide bonds. The number of nitrogens with zero attached hydrogens (tertiary/aromatic N) is 1. The van der Waals surface area contributed by atoms with E-state index in [9.17, 15) is 13.6 Å². The summed E-state index contributed by atoms with van der Waals surface area (Å²) in [6.07, 6.45) is 5.53. The normalized spacial score (nSPS) is 16.7. The van der Waals surface area contributed by atoms with Crippen molar-refractivity contribution in [2.45, 2.75) is 6.54 Å². The Hall–Kier alpha value is -2.63. The highest BCUT2D eigenvalue weighted by molar-refractivity contribution is 5.84. The van der Waals surface area contributed by atoms with Crippen LogP contribution in [0.3, 0.4) is 0 Å². The van der Waals surface area contributed by atoms with E-state index in [1.54, 1.807) is 23.1 Å². The van der Waals surface area contributed by atoms with Crippen LogP contribution in [0.1, 0.15) is 5.56 Å². The number of carboxylic acid groups (broad SMARTS) is 1. The molecule has 0 atom stereocenters. The fourth-order valence-corrected chi connectivity index (χ4v) is 1.97. The summed E-state index contributed by atoms with van der Waals surface area (Å²) < 4.78 is 30.9. The molecular weight excluding hydrogens is 292 g/mol. The van der Waals surface area contributed by atoms with Gasteiger partial charge in [0.25, 0.3) is 0 Å². The lowest BCUT2D eigenvalue weighted by atomic mass is 10.2. The smallest absolute Gasteiger partial charge is 0.373 e. The Kier molecular flexibility index (Phi) is 5.30. The highest BCUT2D eigenvalue weighted by Gasteiger charge is 2.21. The first-order valence-corrected chi connectivity index (χ1v) is 6.62. The van der Waals surface area contributed by atoms with Gasteiger partial charge in [-0.2, -0.15) is 0 Å². The second kappa shape index (κ2) is 7.40. The molecule has 4 nitrogen and oxygen atoms in total. The van der Waals surface area contributed by atoms with Gasteiger partial charge in [-0.1, -0.05) is 30.4 Å². The molecule has 1 heterocycles. The summed E-state index contributed by atoms with van der Waals surface area (Å²) >= 11 is 0. The summed E-state index contributed by atoms with van der Waals surface area (Å²) in [4.78, 5) is 12.7. The van der Waals surface area contributed by atoms with Gasteiger partial charge in [0.1, 0.15) is 18.3 Å². The minimum absolute atomic E-state index is 0.205. The van der Waals surface area contributed by atoms with Crippen molar-refractivity contribution in [2.75, 3.05) is 13.2 Å². The lowest BCUT2D eigenvalue weighted by Gasteiger charge is -2.27. The van der Waals surface area contributed by atoms with E-state index in [4.69, 9.17) is 9.84 Å². The molecule has 0 saturated heterocycles. The molecule has 0 spiro atoms. The fraction of sp³-hybridized carbons (Fsp3) is 0.188. The Labute approximate surface area is 126 Å². The van der Waals surface area contributed by atoms with E-state index in [0.29, 0.717) is 11.3 Å². The second-order valence-corrected chi connectivity index (χ2v) is 4.61. The molecule has 0 aliphatic carbocycles. The topological polar surface area (TPSA) is 49.8 Å². The van der Waals surface area contributed by atoms with Crippen molar-refractivity contribution in [3.05, 3.63) is 71.6 Å². The average molecular weight is 307 g/mol. The fourth-order valence-electron chi connectivity index (χ4n) is 1.97. The molecule has 1 aliphatic heterocycles. The minimum Gasteiger partial charge on any atom is -0.475 e. The van der Waals surface area contributed by atoms with Crippen LogP contribution in [0.15, 0.2) is 60.2 Å². The summed E-state index contributed by atoms with van der Waals surface area (Å²) in [7, 11) is 0. The minimum atomic E-state index is -1.22. The maximum absolute atomic E-state index is 13.7. The van der Waals surface area contributed by atoms with Crippen LogP contribution in [0.25, 0.3) is 0 Å². The maximum atomic E-state index is 13.7. The maximum Gasteiger partial charge on any atom is 0.373 e. The quantitative estimate of drug-likeness (QED) is 0.908. The van der Waals surface area contributed by atoms with Crippen LogP contribution in [0, 0.1) is 5.82 Å². The summed E-state index contributed by atoms with van der Waals surface area (Å²) in [6.45, 7) is -0.150. The molecular formula is C16H15F2NO3. The van der Waals surface area contributed by atoms with Gasteiger partial charge in [0.15, 0.2) is 0 Å². The van der Waals surface area contributed by atoms with Crippen LogP contribution < -0.4 is 0 Å². The van der Waals surface area contributed by atoms with Crippen molar-refractivity contribution in [1.29, 1.82) is 0 Å². The van der Waals surface area contributed by atoms with E-state index in [0.717, 1.165) is 0 Å². The highest BCUT2D eigenvalue weighted by atomic mass is 19.1. The molecule has 22 heavy (non-hydrogen) atoms.